The second kappa shape index (κ2) is 6.56. The van der Waals surface area contributed by atoms with E-state index in [0.717, 1.165) is 11.8 Å². The molecule has 0 unspecified atom stereocenters. The molecule has 21 heavy (non-hydrogen) atoms. The predicted octanol–water partition coefficient (Wildman–Crippen LogP) is 2.04. The Bertz CT molecular complexity index is 798. The van der Waals surface area contributed by atoms with Crippen molar-refractivity contribution in [2.75, 3.05) is 5.75 Å². The first-order valence-corrected chi connectivity index (χ1v) is 7.43. The molecule has 6 nitrogen and oxygen atoms in total. The Morgan fingerprint density at radius 2 is 2.24 bits per heavy atom. The third-order valence-corrected chi connectivity index (χ3v) is 4.01. The zero-order valence-electron chi connectivity index (χ0n) is 10.5. The van der Waals surface area contributed by atoms with Gasteiger partial charge in [-0.15, -0.1) is 0 Å². The zero-order chi connectivity index (χ0) is 15.4. The molecule has 1 N–H and O–H groups in total. The molecule has 2 rings (SSSR count). The molecular weight excluding hydrogens is 358 g/mol. The molecule has 0 fully saturated rings. The van der Waals surface area contributed by atoms with Crippen LogP contribution in [-0.4, -0.2) is 26.4 Å². The molecule has 1 heterocycles. The second-order valence-electron chi connectivity index (χ2n) is 3.88. The Hall–Kier alpha value is -2.11. The Labute approximate surface area is 132 Å². The van der Waals surface area contributed by atoms with Crippen molar-refractivity contribution >= 4 is 33.7 Å². The number of aromatic nitrogens is 2. The highest BCUT2D eigenvalue weighted by Crippen LogP contribution is 2.26. The Morgan fingerprint density at radius 3 is 2.86 bits per heavy atom. The van der Waals surface area contributed by atoms with Crippen molar-refractivity contribution in [1.82, 2.24) is 9.55 Å². The van der Waals surface area contributed by atoms with E-state index in [4.69, 9.17) is 10.4 Å². The van der Waals surface area contributed by atoms with Crippen molar-refractivity contribution in [3.63, 3.8) is 0 Å². The smallest absolute Gasteiger partial charge is 0.313 e. The lowest BCUT2D eigenvalue weighted by Crippen LogP contribution is -2.13. The highest BCUT2D eigenvalue weighted by molar-refractivity contribution is 9.10. The standard InChI is InChI=1S/C13H8BrN3O3S/c14-9-5-8(6-15)1-2-10(9)17-4-3-11(18)16-13(17)21-7-12(19)20/h1-5H,7H2,(H,19,20). The van der Waals surface area contributed by atoms with Gasteiger partial charge in [-0.25, -0.2) is 0 Å². The minimum Gasteiger partial charge on any atom is -0.481 e. The molecule has 8 heteroatoms. The summed E-state index contributed by atoms with van der Waals surface area (Å²) in [6.45, 7) is 0. The van der Waals surface area contributed by atoms with E-state index in [1.165, 1.54) is 12.3 Å². The SMILES string of the molecule is N#Cc1ccc(-n2ccc(=O)nc2SCC(=O)O)c(Br)c1. The van der Waals surface area contributed by atoms with Gasteiger partial charge in [-0.05, 0) is 34.1 Å². The molecule has 0 amide bonds. The molecule has 0 radical (unpaired) electrons. The number of rotatable bonds is 4. The third kappa shape index (κ3) is 3.71. The van der Waals surface area contributed by atoms with E-state index >= 15 is 0 Å². The van der Waals surface area contributed by atoms with Gasteiger partial charge in [-0.1, -0.05) is 11.8 Å². The first kappa shape index (κ1) is 15.3. The molecule has 2 aromatic rings. The van der Waals surface area contributed by atoms with Gasteiger partial charge in [-0.3, -0.25) is 14.2 Å². The van der Waals surface area contributed by atoms with Gasteiger partial charge in [0, 0.05) is 16.7 Å². The number of halogens is 1. The Kier molecular flexibility index (Phi) is 4.77. The molecule has 0 saturated heterocycles. The maximum absolute atomic E-state index is 11.4. The van der Waals surface area contributed by atoms with Crippen LogP contribution in [0.15, 0.2) is 44.9 Å². The molecule has 106 valence electrons. The topological polar surface area (TPSA) is 96.0 Å². The molecule has 0 atom stereocenters. The lowest BCUT2D eigenvalue weighted by molar-refractivity contribution is -0.133. The number of carboxylic acids is 1. The molecule has 0 saturated carbocycles. The fraction of sp³-hybridized carbons (Fsp3) is 0.0769. The fourth-order valence-electron chi connectivity index (χ4n) is 1.57. The summed E-state index contributed by atoms with van der Waals surface area (Å²) in [5.74, 6) is -1.20. The average Bonchev–Trinajstić information content (AvgIpc) is 2.45. The molecule has 1 aromatic heterocycles. The van der Waals surface area contributed by atoms with Crippen molar-refractivity contribution < 1.29 is 9.90 Å². The molecule has 0 aliphatic carbocycles. The van der Waals surface area contributed by atoms with Crippen molar-refractivity contribution in [2.45, 2.75) is 5.16 Å². The van der Waals surface area contributed by atoms with Crippen molar-refractivity contribution in [3.8, 4) is 11.8 Å². The molecule has 0 spiro atoms. The van der Waals surface area contributed by atoms with E-state index in [1.54, 1.807) is 22.8 Å². The third-order valence-electron chi connectivity index (χ3n) is 2.44. The van der Waals surface area contributed by atoms with Crippen molar-refractivity contribution in [2.24, 2.45) is 0 Å². The van der Waals surface area contributed by atoms with E-state index in [-0.39, 0.29) is 10.9 Å². The number of carbonyl (C=O) groups is 1. The first-order valence-electron chi connectivity index (χ1n) is 5.65. The maximum atomic E-state index is 11.4. The van der Waals surface area contributed by atoms with E-state index < -0.39 is 11.5 Å². The van der Waals surface area contributed by atoms with Crippen LogP contribution in [-0.2, 0) is 4.79 Å². The maximum Gasteiger partial charge on any atom is 0.313 e. The van der Waals surface area contributed by atoms with Crippen LogP contribution in [0.2, 0.25) is 0 Å². The van der Waals surface area contributed by atoms with Crippen LogP contribution in [0.25, 0.3) is 5.69 Å². The van der Waals surface area contributed by atoms with Crippen LogP contribution in [0.3, 0.4) is 0 Å². The fourth-order valence-corrected chi connectivity index (χ4v) is 2.85. The number of hydrogen-bond donors (Lipinski definition) is 1. The van der Waals surface area contributed by atoms with Crippen molar-refractivity contribution in [1.29, 1.82) is 5.26 Å². The molecule has 0 aliphatic rings. The van der Waals surface area contributed by atoms with Crippen LogP contribution in [0, 0.1) is 11.3 Å². The van der Waals surface area contributed by atoms with Crippen LogP contribution >= 0.6 is 27.7 Å². The highest BCUT2D eigenvalue weighted by Gasteiger charge is 2.11. The van der Waals surface area contributed by atoms with E-state index in [0.29, 0.717) is 15.7 Å². The van der Waals surface area contributed by atoms with Gasteiger partial charge in [0.15, 0.2) is 5.16 Å². The molecule has 0 aliphatic heterocycles. The summed E-state index contributed by atoms with van der Waals surface area (Å²) < 4.78 is 2.24. The molecule has 1 aromatic carbocycles. The van der Waals surface area contributed by atoms with Crippen LogP contribution in [0.1, 0.15) is 5.56 Å². The zero-order valence-corrected chi connectivity index (χ0v) is 12.9. The number of carboxylic acid groups (broad SMARTS) is 1. The second-order valence-corrected chi connectivity index (χ2v) is 5.68. The number of thioether (sulfide) groups is 1. The van der Waals surface area contributed by atoms with Gasteiger partial charge in [0.25, 0.3) is 5.56 Å². The lowest BCUT2D eigenvalue weighted by Gasteiger charge is -2.12. The van der Waals surface area contributed by atoms with E-state index in [2.05, 4.69) is 20.9 Å². The monoisotopic (exact) mass is 365 g/mol. The van der Waals surface area contributed by atoms with Gasteiger partial charge in [0.05, 0.1) is 23.1 Å². The summed E-state index contributed by atoms with van der Waals surface area (Å²) >= 11 is 4.30. The van der Waals surface area contributed by atoms with Gasteiger partial charge in [-0.2, -0.15) is 10.2 Å². The van der Waals surface area contributed by atoms with Crippen LogP contribution < -0.4 is 5.56 Å². The summed E-state index contributed by atoms with van der Waals surface area (Å²) in [7, 11) is 0. The number of nitrogens with zero attached hydrogens (tertiary/aromatic N) is 3. The van der Waals surface area contributed by atoms with Gasteiger partial charge in [0.2, 0.25) is 0 Å². The summed E-state index contributed by atoms with van der Waals surface area (Å²) in [5.41, 5.74) is 0.706. The normalized spacial score (nSPS) is 10.1. The molecular formula is C13H8BrN3O3S. The van der Waals surface area contributed by atoms with Crippen LogP contribution in [0.4, 0.5) is 0 Å². The van der Waals surface area contributed by atoms with Crippen molar-refractivity contribution in [3.05, 3.63) is 50.9 Å². The van der Waals surface area contributed by atoms with Gasteiger partial charge < -0.3 is 5.11 Å². The van der Waals surface area contributed by atoms with Crippen LogP contribution in [0.5, 0.6) is 0 Å². The quantitative estimate of drug-likeness (QED) is 0.657. The predicted molar refractivity (Wildman–Crippen MR) is 80.6 cm³/mol. The first-order chi connectivity index (χ1) is 10.0. The summed E-state index contributed by atoms with van der Waals surface area (Å²) in [4.78, 5) is 25.9. The van der Waals surface area contributed by atoms with Gasteiger partial charge >= 0.3 is 5.97 Å². The largest absolute Gasteiger partial charge is 0.481 e. The number of aliphatic carboxylic acids is 1. The van der Waals surface area contributed by atoms with E-state index in [1.807, 2.05) is 6.07 Å². The van der Waals surface area contributed by atoms with Gasteiger partial charge in [0.1, 0.15) is 0 Å². The lowest BCUT2D eigenvalue weighted by atomic mass is 10.2. The summed E-state index contributed by atoms with van der Waals surface area (Å²) in [6, 6.07) is 8.27. The summed E-state index contributed by atoms with van der Waals surface area (Å²) in [5, 5.41) is 17.9. The molecule has 0 bridgehead atoms. The minimum absolute atomic E-state index is 0.204. The minimum atomic E-state index is -0.997. The number of nitriles is 1. The highest BCUT2D eigenvalue weighted by atomic mass is 79.9. The number of benzene rings is 1. The Balaban J connectivity index is 2.50. The Morgan fingerprint density at radius 1 is 1.48 bits per heavy atom. The number of hydrogen-bond acceptors (Lipinski definition) is 5. The average molecular weight is 366 g/mol. The van der Waals surface area contributed by atoms with E-state index in [9.17, 15) is 9.59 Å². The summed E-state index contributed by atoms with van der Waals surface area (Å²) in [6.07, 6.45) is 1.52.